The molecule has 0 aromatic rings. The van der Waals surface area contributed by atoms with Gasteiger partial charge in [-0.15, -0.1) is 0 Å². The molecule has 0 aromatic carbocycles. The Labute approximate surface area is 423 Å². The number of rotatable bonds is 15. The standard InChI is InChI=1S/C42H75N7O18S3/c1-43-40(68)44-8-11-49(12-9-45-41(69)47-16-22-20-6-2-4-14-60-36-32(58)28(54)34(24(18-50)64-36)66-38(62-22)30(56)26(20)52)13-10-46-42(70)48-17-23-21-7-3-5-15-61-37-33(59)29(55)35(25(19-51)65-37)67-39(63-23)31(57)27(21)53/h20-39,50-59H,2-19H2,1H3,(H2,43,44,68)(H2,45,47,69)(H2,46,48,70)/t20?,21?,22?,23?,24?,25?,26-,27-,28+,29+,30?,31?,32?,33?,34?,35?,36+,37+,38-,39-/m1/s1. The lowest BCUT2D eigenvalue weighted by atomic mass is 9.84. The van der Waals surface area contributed by atoms with Crippen LogP contribution in [-0.4, -0.2) is 268 Å². The van der Waals surface area contributed by atoms with E-state index in [9.17, 15) is 51.1 Å². The minimum absolute atomic E-state index is 0.125. The molecule has 0 aliphatic carbocycles. The number of ether oxygens (including phenoxy) is 8. The third kappa shape index (κ3) is 15.2. The Balaban J connectivity index is 0.992. The van der Waals surface area contributed by atoms with E-state index >= 15 is 0 Å². The van der Waals surface area contributed by atoms with E-state index in [2.05, 4.69) is 36.8 Å². The van der Waals surface area contributed by atoms with Crippen molar-refractivity contribution in [2.24, 2.45) is 11.8 Å². The van der Waals surface area contributed by atoms with Crippen molar-refractivity contribution in [3.63, 3.8) is 0 Å². The lowest BCUT2D eigenvalue weighted by Gasteiger charge is -2.47. The Morgan fingerprint density at radius 3 is 1.21 bits per heavy atom. The van der Waals surface area contributed by atoms with E-state index in [-0.39, 0.29) is 26.3 Å². The van der Waals surface area contributed by atoms with Crippen LogP contribution in [0.3, 0.4) is 0 Å². The summed E-state index contributed by atoms with van der Waals surface area (Å²) in [5, 5.41) is 128. The second kappa shape index (κ2) is 28.3. The van der Waals surface area contributed by atoms with Gasteiger partial charge in [0.2, 0.25) is 0 Å². The highest BCUT2D eigenvalue weighted by molar-refractivity contribution is 7.80. The van der Waals surface area contributed by atoms with Gasteiger partial charge < -0.3 is 121 Å². The second-order valence-corrected chi connectivity index (χ2v) is 19.6. The Hall–Kier alpha value is -1.69. The van der Waals surface area contributed by atoms with E-state index in [1.54, 1.807) is 7.05 Å². The molecule has 0 spiro atoms. The zero-order valence-corrected chi connectivity index (χ0v) is 41.6. The van der Waals surface area contributed by atoms with E-state index in [1.807, 2.05) is 0 Å². The van der Waals surface area contributed by atoms with Crippen LogP contribution in [0.5, 0.6) is 0 Å². The number of aliphatic hydroxyl groups excluding tert-OH is 10. The molecule has 12 unspecified atom stereocenters. The van der Waals surface area contributed by atoms with Gasteiger partial charge in [-0.1, -0.05) is 12.8 Å². The molecular weight excluding hydrogens is 987 g/mol. The van der Waals surface area contributed by atoms with Crippen LogP contribution in [-0.2, 0) is 37.9 Å². The van der Waals surface area contributed by atoms with Crippen LogP contribution in [0.4, 0.5) is 0 Å². The fourth-order valence-electron chi connectivity index (χ4n) is 9.62. The molecule has 0 radical (unpaired) electrons. The van der Waals surface area contributed by atoms with Gasteiger partial charge in [0.1, 0.15) is 61.0 Å². The van der Waals surface area contributed by atoms with E-state index in [4.69, 9.17) is 74.5 Å². The molecule has 404 valence electrons. The highest BCUT2D eigenvalue weighted by Gasteiger charge is 2.53. The van der Waals surface area contributed by atoms with Crippen molar-refractivity contribution in [1.29, 1.82) is 0 Å². The van der Waals surface area contributed by atoms with Gasteiger partial charge in [-0.25, -0.2) is 0 Å². The van der Waals surface area contributed by atoms with Crippen molar-refractivity contribution < 1.29 is 89.0 Å². The van der Waals surface area contributed by atoms with Crippen LogP contribution < -0.4 is 31.9 Å². The van der Waals surface area contributed by atoms with Gasteiger partial charge in [0.15, 0.2) is 40.5 Å². The zero-order chi connectivity index (χ0) is 50.5. The lowest BCUT2D eigenvalue weighted by Crippen LogP contribution is -2.64. The molecule has 12 aliphatic rings. The summed E-state index contributed by atoms with van der Waals surface area (Å²) in [5.74, 6) is -1.05. The summed E-state index contributed by atoms with van der Waals surface area (Å²) in [5.41, 5.74) is 0. The van der Waals surface area contributed by atoms with Crippen LogP contribution in [0.25, 0.3) is 0 Å². The van der Waals surface area contributed by atoms with Crippen molar-refractivity contribution in [1.82, 2.24) is 36.8 Å². The van der Waals surface area contributed by atoms with E-state index in [0.29, 0.717) is 93.1 Å². The third-order valence-electron chi connectivity index (χ3n) is 13.7. The predicted molar refractivity (Wildman–Crippen MR) is 257 cm³/mol. The summed E-state index contributed by atoms with van der Waals surface area (Å²) in [7, 11) is 1.72. The number of thiocarbonyl (C=S) groups is 3. The first-order valence-corrected chi connectivity index (χ1v) is 25.4. The normalized spacial score (nSPS) is 40.5. The number of hydrogen-bond acceptors (Lipinski definition) is 22. The number of nitrogens with zero attached hydrogens (tertiary/aromatic N) is 1. The van der Waals surface area contributed by atoms with Gasteiger partial charge >= 0.3 is 0 Å². The Morgan fingerprint density at radius 2 is 0.829 bits per heavy atom. The molecule has 12 fully saturated rings. The highest BCUT2D eigenvalue weighted by atomic mass is 32.1. The largest absolute Gasteiger partial charge is 0.394 e. The molecule has 0 saturated carbocycles. The van der Waals surface area contributed by atoms with Crippen molar-refractivity contribution in [3.05, 3.63) is 0 Å². The van der Waals surface area contributed by atoms with E-state index < -0.39 is 136 Å². The fourth-order valence-corrected chi connectivity index (χ4v) is 10.1. The average Bonchev–Trinajstić information content (AvgIpc) is 3.35. The molecule has 12 heterocycles. The smallest absolute Gasteiger partial charge is 0.186 e. The summed E-state index contributed by atoms with van der Waals surface area (Å²) in [6, 6.07) is 0. The number of aliphatic hydroxyl groups is 10. The Bertz CT molecular complexity index is 1530. The Kier molecular flexibility index (Phi) is 23.3. The van der Waals surface area contributed by atoms with Crippen molar-refractivity contribution in [2.75, 3.05) is 85.8 Å². The maximum absolute atomic E-state index is 11.3. The fraction of sp³-hybridized carbons (Fsp3) is 0.929. The molecule has 20 atom stereocenters. The molecule has 28 heteroatoms. The van der Waals surface area contributed by atoms with Crippen LogP contribution in [0, 0.1) is 11.8 Å². The lowest BCUT2D eigenvalue weighted by molar-refractivity contribution is -0.355. The first kappa shape index (κ1) is 57.6. The molecule has 70 heavy (non-hydrogen) atoms. The van der Waals surface area contributed by atoms with Gasteiger partial charge in [-0.3, -0.25) is 4.90 Å². The quantitative estimate of drug-likeness (QED) is 0.0678. The maximum atomic E-state index is 11.3. The molecular formula is C42H75N7O18S3. The van der Waals surface area contributed by atoms with E-state index in [0.717, 1.165) is 0 Å². The van der Waals surface area contributed by atoms with Crippen LogP contribution in [0.15, 0.2) is 0 Å². The van der Waals surface area contributed by atoms with Crippen LogP contribution in [0.1, 0.15) is 38.5 Å². The molecule has 0 amide bonds. The number of nitrogens with one attached hydrogen (secondary N) is 6. The first-order valence-electron chi connectivity index (χ1n) is 24.2. The second-order valence-electron chi connectivity index (χ2n) is 18.3. The monoisotopic (exact) mass is 1060 g/mol. The predicted octanol–water partition coefficient (Wildman–Crippen LogP) is -6.51. The van der Waals surface area contributed by atoms with Gasteiger partial charge in [0.25, 0.3) is 0 Å². The van der Waals surface area contributed by atoms with Crippen molar-refractivity contribution >= 4 is 52.0 Å². The summed E-state index contributed by atoms with van der Waals surface area (Å²) >= 11 is 16.5. The Morgan fingerprint density at radius 1 is 0.457 bits per heavy atom. The summed E-state index contributed by atoms with van der Waals surface area (Å²) in [6.07, 6.45) is -20.0. The molecule has 8 bridgehead atoms. The minimum atomic E-state index is -1.55. The van der Waals surface area contributed by atoms with Gasteiger partial charge in [0, 0.05) is 84.5 Å². The van der Waals surface area contributed by atoms with E-state index in [1.165, 1.54) is 0 Å². The molecule has 12 saturated heterocycles. The molecule has 25 nitrogen and oxygen atoms in total. The van der Waals surface area contributed by atoms with Gasteiger partial charge in [0.05, 0.1) is 37.6 Å². The zero-order valence-electron chi connectivity index (χ0n) is 39.2. The average molecular weight is 1060 g/mol. The SMILES string of the molecule is CNC(=S)NCCN(CCNC(=S)NCC1O[C@@H]2OC3C(CO)O[C@H](OCCCCC1[C@@H](O)C2O)C(O)[C@@H]3O)CCNC(=S)NCC1O[C@@H]2OC3C(CO)O[C@H](OCCCCC1[C@@H](O)C2O)C(O)[C@@H]3O. The highest BCUT2D eigenvalue weighted by Crippen LogP contribution is 2.36. The summed E-state index contributed by atoms with van der Waals surface area (Å²) < 4.78 is 47.0. The van der Waals surface area contributed by atoms with Gasteiger partial charge in [-0.2, -0.15) is 0 Å². The van der Waals surface area contributed by atoms with Gasteiger partial charge in [-0.05, 0) is 62.3 Å². The molecule has 12 rings (SSSR count). The minimum Gasteiger partial charge on any atom is -0.394 e. The molecule has 0 aromatic heterocycles. The van der Waals surface area contributed by atoms with Crippen molar-refractivity contribution in [2.45, 2.75) is 149 Å². The topological polar surface area (TPSA) is 352 Å². The van der Waals surface area contributed by atoms with Crippen LogP contribution >= 0.6 is 36.7 Å². The number of hydrogen-bond donors (Lipinski definition) is 16. The summed E-state index contributed by atoms with van der Waals surface area (Å²) in [4.78, 5) is 2.15. The third-order valence-corrected chi connectivity index (χ3v) is 14.6. The molecule has 12 aliphatic heterocycles. The summed E-state index contributed by atoms with van der Waals surface area (Å²) in [6.45, 7) is 2.48. The van der Waals surface area contributed by atoms with Crippen molar-refractivity contribution in [3.8, 4) is 0 Å². The van der Waals surface area contributed by atoms with Crippen LogP contribution in [0.2, 0.25) is 0 Å². The maximum Gasteiger partial charge on any atom is 0.186 e. The molecule has 16 N–H and O–H groups in total. The first-order chi connectivity index (χ1) is 33.6.